The average Bonchev–Trinajstić information content (AvgIpc) is 2.80. The molecule has 0 aromatic heterocycles. The van der Waals surface area contributed by atoms with Crippen molar-refractivity contribution in [2.24, 2.45) is 11.8 Å². The predicted molar refractivity (Wildman–Crippen MR) is 88.9 cm³/mol. The number of ether oxygens (including phenoxy) is 1. The summed E-state index contributed by atoms with van der Waals surface area (Å²) in [4.78, 5) is 37.8. The molecule has 2 amide bonds. The minimum Gasteiger partial charge on any atom is -0.425 e. The molecule has 1 heterocycles. The average molecular weight is 370 g/mol. The van der Waals surface area contributed by atoms with E-state index in [9.17, 15) is 14.4 Å². The van der Waals surface area contributed by atoms with Crippen molar-refractivity contribution in [3.63, 3.8) is 0 Å². The van der Waals surface area contributed by atoms with E-state index < -0.39 is 5.97 Å². The third-order valence-corrected chi connectivity index (χ3v) is 5.12. The molecule has 0 unspecified atom stereocenters. The summed E-state index contributed by atoms with van der Waals surface area (Å²) in [5.74, 6) is -1.04. The van der Waals surface area contributed by atoms with Gasteiger partial charge in [-0.15, -0.1) is 0 Å². The van der Waals surface area contributed by atoms with E-state index in [4.69, 9.17) is 27.9 Å². The van der Waals surface area contributed by atoms with Gasteiger partial charge in [0.2, 0.25) is 11.8 Å². The number of rotatable bonds is 4. The second-order valence-electron chi connectivity index (χ2n) is 6.12. The van der Waals surface area contributed by atoms with Crippen LogP contribution in [0.15, 0.2) is 18.2 Å². The van der Waals surface area contributed by atoms with Crippen LogP contribution in [0.3, 0.4) is 0 Å². The molecule has 1 aliphatic heterocycles. The zero-order chi connectivity index (χ0) is 17.3. The Labute approximate surface area is 149 Å². The molecule has 1 aliphatic carbocycles. The quantitative estimate of drug-likeness (QED) is 0.463. The summed E-state index contributed by atoms with van der Waals surface area (Å²) in [7, 11) is 0. The molecule has 3 rings (SSSR count). The normalized spacial score (nSPS) is 23.3. The molecule has 1 aromatic carbocycles. The smallest absolute Gasteiger partial charge is 0.313 e. The lowest BCUT2D eigenvalue weighted by molar-refractivity contribution is -0.141. The van der Waals surface area contributed by atoms with Crippen LogP contribution in [0.25, 0.3) is 0 Å². The first-order valence-corrected chi connectivity index (χ1v) is 8.74. The summed E-state index contributed by atoms with van der Waals surface area (Å²) in [5.41, 5.74) is 0. The summed E-state index contributed by atoms with van der Waals surface area (Å²) in [5, 5.41) is 0.672. The van der Waals surface area contributed by atoms with Crippen LogP contribution in [0, 0.1) is 11.8 Å². The Balaban J connectivity index is 1.58. The zero-order valence-electron chi connectivity index (χ0n) is 13.0. The molecule has 24 heavy (non-hydrogen) atoms. The van der Waals surface area contributed by atoms with Crippen molar-refractivity contribution in [1.82, 2.24) is 4.90 Å². The standard InChI is InChI=1S/C17H17Cl2NO4/c18-10-5-6-14(13(19)9-10)24-15(21)7-8-20-16(22)11-3-1-2-4-12(11)17(20)23/h5-6,9,11-12H,1-4,7-8H2/t11-,12-/m1/s1. The Hall–Kier alpha value is -1.59. The van der Waals surface area contributed by atoms with Crippen LogP contribution in [-0.4, -0.2) is 29.2 Å². The number of hydrogen-bond acceptors (Lipinski definition) is 4. The molecular formula is C17H17Cl2NO4. The van der Waals surface area contributed by atoms with Gasteiger partial charge in [-0.2, -0.15) is 0 Å². The van der Waals surface area contributed by atoms with Crippen molar-refractivity contribution >= 4 is 41.0 Å². The van der Waals surface area contributed by atoms with Crippen molar-refractivity contribution in [3.05, 3.63) is 28.2 Å². The van der Waals surface area contributed by atoms with Crippen molar-refractivity contribution in [2.75, 3.05) is 6.54 Å². The first-order valence-electron chi connectivity index (χ1n) is 7.98. The van der Waals surface area contributed by atoms with E-state index >= 15 is 0 Å². The highest BCUT2D eigenvalue weighted by Gasteiger charge is 2.47. The maximum Gasteiger partial charge on any atom is 0.313 e. The summed E-state index contributed by atoms with van der Waals surface area (Å²) < 4.78 is 5.17. The fourth-order valence-corrected chi connectivity index (χ4v) is 3.83. The molecule has 0 N–H and O–H groups in total. The molecule has 1 saturated carbocycles. The van der Waals surface area contributed by atoms with Gasteiger partial charge < -0.3 is 4.74 Å². The molecule has 5 nitrogen and oxygen atoms in total. The first kappa shape index (κ1) is 17.2. The fraction of sp³-hybridized carbons (Fsp3) is 0.471. The minimum absolute atomic E-state index is 0.0503. The van der Waals surface area contributed by atoms with Gasteiger partial charge in [0.05, 0.1) is 23.3 Å². The molecule has 1 saturated heterocycles. The number of hydrogen-bond donors (Lipinski definition) is 0. The first-order chi connectivity index (χ1) is 11.5. The number of halogens is 2. The molecular weight excluding hydrogens is 353 g/mol. The van der Waals surface area contributed by atoms with Crippen LogP contribution in [0.2, 0.25) is 10.0 Å². The van der Waals surface area contributed by atoms with E-state index in [0.29, 0.717) is 5.02 Å². The number of imide groups is 1. The number of esters is 1. The Bertz CT molecular complexity index is 667. The number of nitrogens with zero attached hydrogens (tertiary/aromatic N) is 1. The Morgan fingerprint density at radius 3 is 2.33 bits per heavy atom. The molecule has 2 aliphatic rings. The third kappa shape index (κ3) is 3.42. The topological polar surface area (TPSA) is 63.7 Å². The van der Waals surface area contributed by atoms with Gasteiger partial charge in [0.1, 0.15) is 5.75 Å². The number of carbonyl (C=O) groups excluding carboxylic acids is 3. The summed E-state index contributed by atoms with van der Waals surface area (Å²) in [6.45, 7) is 0.0503. The molecule has 0 bridgehead atoms. The number of fused-ring (bicyclic) bond motifs is 1. The number of amides is 2. The molecule has 7 heteroatoms. The second-order valence-corrected chi connectivity index (χ2v) is 6.97. The largest absolute Gasteiger partial charge is 0.425 e. The van der Waals surface area contributed by atoms with Gasteiger partial charge in [0.15, 0.2) is 0 Å². The van der Waals surface area contributed by atoms with Crippen LogP contribution in [0.5, 0.6) is 5.75 Å². The molecule has 1 aromatic rings. The highest BCUT2D eigenvalue weighted by Crippen LogP contribution is 2.38. The lowest BCUT2D eigenvalue weighted by Crippen LogP contribution is -2.33. The van der Waals surface area contributed by atoms with Gasteiger partial charge in [-0.1, -0.05) is 36.0 Å². The lowest BCUT2D eigenvalue weighted by atomic mass is 9.81. The monoisotopic (exact) mass is 369 g/mol. The van der Waals surface area contributed by atoms with Gasteiger partial charge in [-0.25, -0.2) is 0 Å². The van der Waals surface area contributed by atoms with Crippen molar-refractivity contribution < 1.29 is 19.1 Å². The summed E-state index contributed by atoms with van der Waals surface area (Å²) >= 11 is 11.7. The molecule has 0 radical (unpaired) electrons. The van der Waals surface area contributed by atoms with Gasteiger partial charge >= 0.3 is 5.97 Å². The van der Waals surface area contributed by atoms with E-state index in [1.807, 2.05) is 0 Å². The van der Waals surface area contributed by atoms with Crippen molar-refractivity contribution in [3.8, 4) is 5.75 Å². The minimum atomic E-state index is -0.547. The SMILES string of the molecule is O=C(CCN1C(=O)[C@@H]2CCCC[C@H]2C1=O)Oc1ccc(Cl)cc1Cl. The van der Waals surface area contributed by atoms with E-state index in [1.54, 1.807) is 6.07 Å². The highest BCUT2D eigenvalue weighted by molar-refractivity contribution is 6.35. The van der Waals surface area contributed by atoms with Crippen LogP contribution in [-0.2, 0) is 14.4 Å². The van der Waals surface area contributed by atoms with Crippen LogP contribution >= 0.6 is 23.2 Å². The third-order valence-electron chi connectivity index (χ3n) is 4.59. The van der Waals surface area contributed by atoms with E-state index in [0.717, 1.165) is 25.7 Å². The second kappa shape index (κ2) is 7.11. The maximum atomic E-state index is 12.3. The van der Waals surface area contributed by atoms with Crippen molar-refractivity contribution in [2.45, 2.75) is 32.1 Å². The van der Waals surface area contributed by atoms with Crippen molar-refractivity contribution in [1.29, 1.82) is 0 Å². The summed E-state index contributed by atoms with van der Waals surface area (Å²) in [6.07, 6.45) is 3.42. The molecule has 2 atom stereocenters. The van der Waals surface area contributed by atoms with Gasteiger partial charge in [-0.05, 0) is 31.0 Å². The molecule has 2 fully saturated rings. The van der Waals surface area contributed by atoms with E-state index in [2.05, 4.69) is 0 Å². The molecule has 0 spiro atoms. The molecule has 128 valence electrons. The Morgan fingerprint density at radius 2 is 1.75 bits per heavy atom. The van der Waals surface area contributed by atoms with E-state index in [1.165, 1.54) is 17.0 Å². The number of carbonyl (C=O) groups is 3. The predicted octanol–water partition coefficient (Wildman–Crippen LogP) is 3.46. The van der Waals surface area contributed by atoms with Gasteiger partial charge in [-0.3, -0.25) is 19.3 Å². The van der Waals surface area contributed by atoms with Gasteiger partial charge in [0.25, 0.3) is 0 Å². The number of likely N-dealkylation sites (tertiary alicyclic amines) is 1. The fourth-order valence-electron chi connectivity index (χ4n) is 3.39. The Kier molecular flexibility index (Phi) is 5.11. The number of benzene rings is 1. The summed E-state index contributed by atoms with van der Waals surface area (Å²) in [6, 6.07) is 4.54. The lowest BCUT2D eigenvalue weighted by Gasteiger charge is -2.19. The maximum absolute atomic E-state index is 12.3. The zero-order valence-corrected chi connectivity index (χ0v) is 14.5. The van der Waals surface area contributed by atoms with E-state index in [-0.39, 0.29) is 47.4 Å². The van der Waals surface area contributed by atoms with Crippen LogP contribution in [0.1, 0.15) is 32.1 Å². The highest BCUT2D eigenvalue weighted by atomic mass is 35.5. The Morgan fingerprint density at radius 1 is 1.12 bits per heavy atom. The van der Waals surface area contributed by atoms with Crippen LogP contribution in [0.4, 0.5) is 0 Å². The van der Waals surface area contributed by atoms with Gasteiger partial charge in [0, 0.05) is 11.6 Å². The van der Waals surface area contributed by atoms with Crippen LogP contribution < -0.4 is 4.74 Å².